The SMILES string of the molecule is CC1=[N+](C)C=C1c1ccc(C=C2CCN(C3CCC3)CC2)cc1. The molecule has 0 aromatic heterocycles. The van der Waals surface area contributed by atoms with Gasteiger partial charge in [0.15, 0.2) is 11.9 Å². The highest BCUT2D eigenvalue weighted by molar-refractivity contribution is 6.22. The van der Waals surface area contributed by atoms with E-state index in [1.54, 1.807) is 5.57 Å². The van der Waals surface area contributed by atoms with Crippen molar-refractivity contribution in [2.75, 3.05) is 20.1 Å². The maximum atomic E-state index is 2.71. The van der Waals surface area contributed by atoms with Crippen LogP contribution in [0.15, 0.2) is 36.0 Å². The molecule has 0 N–H and O–H groups in total. The zero-order valence-corrected chi connectivity index (χ0v) is 14.4. The molecule has 0 spiro atoms. The first-order chi connectivity index (χ1) is 11.2. The number of piperidine rings is 1. The fourth-order valence-corrected chi connectivity index (χ4v) is 3.86. The second-order valence-corrected chi connectivity index (χ2v) is 7.28. The normalized spacial score (nSPS) is 22.5. The van der Waals surface area contributed by atoms with E-state index in [0.29, 0.717) is 0 Å². The summed E-state index contributed by atoms with van der Waals surface area (Å²) >= 11 is 0. The predicted octanol–water partition coefficient (Wildman–Crippen LogP) is 4.18. The lowest BCUT2D eigenvalue weighted by atomic mass is 9.89. The summed E-state index contributed by atoms with van der Waals surface area (Å²) in [5.74, 6) is 0. The number of rotatable bonds is 3. The van der Waals surface area contributed by atoms with Crippen molar-refractivity contribution >= 4 is 17.4 Å². The molecule has 1 aromatic carbocycles. The van der Waals surface area contributed by atoms with E-state index >= 15 is 0 Å². The average molecular weight is 307 g/mol. The van der Waals surface area contributed by atoms with E-state index in [0.717, 1.165) is 6.04 Å². The van der Waals surface area contributed by atoms with Gasteiger partial charge in [-0.1, -0.05) is 42.3 Å². The van der Waals surface area contributed by atoms with Crippen LogP contribution in [0.3, 0.4) is 0 Å². The summed E-state index contributed by atoms with van der Waals surface area (Å²) in [5.41, 5.74) is 7.05. The minimum atomic E-state index is 0.907. The van der Waals surface area contributed by atoms with Crippen LogP contribution < -0.4 is 0 Å². The lowest BCUT2D eigenvalue weighted by molar-refractivity contribution is -0.430. The summed E-state index contributed by atoms with van der Waals surface area (Å²) in [5, 5.41) is 0. The molecule has 0 bridgehead atoms. The van der Waals surface area contributed by atoms with Crippen LogP contribution in [0, 0.1) is 0 Å². The van der Waals surface area contributed by atoms with Gasteiger partial charge in [0.1, 0.15) is 12.6 Å². The first-order valence-corrected chi connectivity index (χ1v) is 9.03. The Morgan fingerprint density at radius 1 is 1.09 bits per heavy atom. The van der Waals surface area contributed by atoms with Crippen molar-refractivity contribution in [1.82, 2.24) is 4.90 Å². The highest BCUT2D eigenvalue weighted by Gasteiger charge is 2.27. The topological polar surface area (TPSA) is 6.25 Å². The van der Waals surface area contributed by atoms with Gasteiger partial charge in [-0.15, -0.1) is 0 Å². The molecular formula is C21H27N2+. The lowest BCUT2D eigenvalue weighted by Crippen LogP contribution is -2.43. The molecule has 0 radical (unpaired) electrons. The second-order valence-electron chi connectivity index (χ2n) is 7.28. The Kier molecular flexibility index (Phi) is 3.94. The van der Waals surface area contributed by atoms with Crippen LogP contribution in [0.4, 0.5) is 0 Å². The van der Waals surface area contributed by atoms with Crippen molar-refractivity contribution in [2.24, 2.45) is 0 Å². The van der Waals surface area contributed by atoms with Crippen LogP contribution in [-0.4, -0.2) is 41.4 Å². The Balaban J connectivity index is 1.38. The summed E-state index contributed by atoms with van der Waals surface area (Å²) in [6.07, 6.45) is 11.4. The highest BCUT2D eigenvalue weighted by Crippen LogP contribution is 2.29. The van der Waals surface area contributed by atoms with E-state index in [9.17, 15) is 0 Å². The maximum absolute atomic E-state index is 2.71. The second kappa shape index (κ2) is 6.09. The molecule has 1 aliphatic carbocycles. The first kappa shape index (κ1) is 14.9. The Labute approximate surface area is 139 Å². The largest absolute Gasteiger partial charge is 0.300 e. The first-order valence-electron chi connectivity index (χ1n) is 9.03. The Bertz CT molecular complexity index is 677. The minimum absolute atomic E-state index is 0.907. The maximum Gasteiger partial charge on any atom is 0.191 e. The third-order valence-electron chi connectivity index (χ3n) is 5.87. The third kappa shape index (κ3) is 2.92. The van der Waals surface area contributed by atoms with Gasteiger partial charge in [0.05, 0.1) is 0 Å². The molecule has 4 rings (SSSR count). The smallest absolute Gasteiger partial charge is 0.191 e. The Morgan fingerprint density at radius 3 is 2.30 bits per heavy atom. The number of hydrogen-bond acceptors (Lipinski definition) is 1. The fraction of sp³-hybridized carbons (Fsp3) is 0.476. The molecular weight excluding hydrogens is 280 g/mol. The van der Waals surface area contributed by atoms with Crippen molar-refractivity contribution in [3.63, 3.8) is 0 Å². The van der Waals surface area contributed by atoms with Gasteiger partial charge in [-0.2, -0.15) is 0 Å². The van der Waals surface area contributed by atoms with E-state index in [2.05, 4.69) is 60.0 Å². The molecule has 2 aliphatic heterocycles. The van der Waals surface area contributed by atoms with Crippen molar-refractivity contribution in [2.45, 2.75) is 45.1 Å². The van der Waals surface area contributed by atoms with Crippen LogP contribution in [0.25, 0.3) is 11.6 Å². The quantitative estimate of drug-likeness (QED) is 0.759. The van der Waals surface area contributed by atoms with Crippen molar-refractivity contribution in [3.05, 3.63) is 47.2 Å². The van der Waals surface area contributed by atoms with Gasteiger partial charge in [-0.25, -0.2) is 4.58 Å². The number of hydrogen-bond donors (Lipinski definition) is 0. The number of allylic oxidation sites excluding steroid dienone is 1. The lowest BCUT2D eigenvalue weighted by Gasteiger charge is -2.40. The van der Waals surface area contributed by atoms with Crippen molar-refractivity contribution < 1.29 is 4.58 Å². The Hall–Kier alpha value is -1.67. The Morgan fingerprint density at radius 2 is 1.78 bits per heavy atom. The number of benzene rings is 1. The molecule has 2 nitrogen and oxygen atoms in total. The van der Waals surface area contributed by atoms with Gasteiger partial charge >= 0.3 is 0 Å². The van der Waals surface area contributed by atoms with Gasteiger partial charge in [0, 0.05) is 26.1 Å². The zero-order valence-electron chi connectivity index (χ0n) is 14.4. The van der Waals surface area contributed by atoms with E-state index < -0.39 is 0 Å². The van der Waals surface area contributed by atoms with E-state index in [-0.39, 0.29) is 0 Å². The molecule has 3 aliphatic rings. The minimum Gasteiger partial charge on any atom is -0.300 e. The molecule has 1 saturated heterocycles. The molecule has 0 atom stereocenters. The summed E-state index contributed by atoms with van der Waals surface area (Å²) in [6.45, 7) is 4.71. The fourth-order valence-electron chi connectivity index (χ4n) is 3.86. The van der Waals surface area contributed by atoms with Gasteiger partial charge < -0.3 is 0 Å². The average Bonchev–Trinajstić information content (AvgIpc) is 2.53. The van der Waals surface area contributed by atoms with Crippen LogP contribution >= 0.6 is 0 Å². The molecule has 1 aromatic rings. The van der Waals surface area contributed by atoms with Crippen molar-refractivity contribution in [1.29, 1.82) is 0 Å². The van der Waals surface area contributed by atoms with E-state index in [4.69, 9.17) is 0 Å². The van der Waals surface area contributed by atoms with Gasteiger partial charge in [0.2, 0.25) is 0 Å². The molecule has 0 amide bonds. The van der Waals surface area contributed by atoms with Crippen LogP contribution in [0.5, 0.6) is 0 Å². The molecule has 2 heterocycles. The monoisotopic (exact) mass is 307 g/mol. The van der Waals surface area contributed by atoms with Gasteiger partial charge in [-0.3, -0.25) is 4.90 Å². The zero-order chi connectivity index (χ0) is 15.8. The molecule has 1 saturated carbocycles. The van der Waals surface area contributed by atoms with E-state index in [1.807, 2.05) is 0 Å². The summed E-state index contributed by atoms with van der Waals surface area (Å²) in [6, 6.07) is 9.97. The molecule has 2 fully saturated rings. The van der Waals surface area contributed by atoms with Gasteiger partial charge in [-0.05, 0) is 36.8 Å². The number of likely N-dealkylation sites (tertiary alicyclic amines) is 1. The molecule has 23 heavy (non-hydrogen) atoms. The van der Waals surface area contributed by atoms with Crippen molar-refractivity contribution in [3.8, 4) is 0 Å². The summed E-state index contributed by atoms with van der Waals surface area (Å²) < 4.78 is 2.18. The molecule has 2 heteroatoms. The van der Waals surface area contributed by atoms with E-state index in [1.165, 1.54) is 67.6 Å². The molecule has 0 unspecified atom stereocenters. The highest BCUT2D eigenvalue weighted by atomic mass is 15.2. The molecule has 120 valence electrons. The predicted molar refractivity (Wildman–Crippen MR) is 97.7 cm³/mol. The van der Waals surface area contributed by atoms with Crippen LogP contribution in [0.1, 0.15) is 50.2 Å². The number of nitrogens with zero attached hydrogens (tertiary/aromatic N) is 2. The van der Waals surface area contributed by atoms with Crippen LogP contribution in [0.2, 0.25) is 0 Å². The standard InChI is InChI=1S/C21H27N2/c1-16-21(15-22(16)2)19-8-6-17(7-9-19)14-18-10-12-23(13-11-18)20-4-3-5-20/h6-9,14-15,20H,3-5,10-13H2,1-2H3/q+1. The third-order valence-corrected chi connectivity index (χ3v) is 5.87. The summed E-state index contributed by atoms with van der Waals surface area (Å²) in [7, 11) is 2.10. The summed E-state index contributed by atoms with van der Waals surface area (Å²) in [4.78, 5) is 2.71. The van der Waals surface area contributed by atoms with Gasteiger partial charge in [0.25, 0.3) is 0 Å². The van der Waals surface area contributed by atoms with Crippen LogP contribution in [-0.2, 0) is 0 Å².